The van der Waals surface area contributed by atoms with Crippen LogP contribution in [-0.4, -0.2) is 0 Å². The van der Waals surface area contributed by atoms with Crippen LogP contribution in [0.1, 0.15) is 24.0 Å². The van der Waals surface area contributed by atoms with Gasteiger partial charge in [0, 0.05) is 4.47 Å². The van der Waals surface area contributed by atoms with Gasteiger partial charge in [0.1, 0.15) is 5.82 Å². The molecule has 64 valence electrons. The molecule has 0 bridgehead atoms. The zero-order valence-electron chi connectivity index (χ0n) is 6.74. The fourth-order valence-electron chi connectivity index (χ4n) is 1.78. The molecule has 0 fully saturated rings. The normalized spacial score (nSPS) is 15.8. The molecular weight excluding hydrogens is 219 g/mol. The third kappa shape index (κ3) is 1.40. The van der Waals surface area contributed by atoms with Gasteiger partial charge in [-0.25, -0.2) is 4.39 Å². The Morgan fingerprint density at radius 2 is 1.92 bits per heavy atom. The fraction of sp³-hybridized carbons (Fsp3) is 0.400. The number of benzene rings is 1. The zero-order valence-corrected chi connectivity index (χ0v) is 8.33. The van der Waals surface area contributed by atoms with Gasteiger partial charge in [0.15, 0.2) is 0 Å². The minimum Gasteiger partial charge on any atom is -0.207 e. The summed E-state index contributed by atoms with van der Waals surface area (Å²) < 4.78 is 14.2. The highest BCUT2D eigenvalue weighted by atomic mass is 79.9. The van der Waals surface area contributed by atoms with Crippen molar-refractivity contribution < 1.29 is 4.39 Å². The Morgan fingerprint density at radius 3 is 2.75 bits per heavy atom. The molecule has 0 unspecified atom stereocenters. The lowest BCUT2D eigenvalue weighted by atomic mass is 9.91. The first-order chi connectivity index (χ1) is 5.77. The summed E-state index contributed by atoms with van der Waals surface area (Å²) in [6.07, 6.45) is 4.27. The maximum atomic E-state index is 13.3. The van der Waals surface area contributed by atoms with Gasteiger partial charge in [-0.05, 0) is 48.9 Å². The first kappa shape index (κ1) is 8.24. The number of hydrogen-bond acceptors (Lipinski definition) is 0. The van der Waals surface area contributed by atoms with E-state index in [1.807, 2.05) is 6.07 Å². The van der Waals surface area contributed by atoms with Crippen LogP contribution in [-0.2, 0) is 12.8 Å². The Labute approximate surface area is 79.9 Å². The van der Waals surface area contributed by atoms with E-state index in [0.717, 1.165) is 29.3 Å². The lowest BCUT2D eigenvalue weighted by Gasteiger charge is -2.16. The SMILES string of the molecule is Fc1cc(Br)cc2c1CCCC2. The Hall–Kier alpha value is -0.370. The monoisotopic (exact) mass is 228 g/mol. The smallest absolute Gasteiger partial charge is 0.127 e. The highest BCUT2D eigenvalue weighted by Gasteiger charge is 2.13. The van der Waals surface area contributed by atoms with Crippen molar-refractivity contribution in [1.29, 1.82) is 0 Å². The van der Waals surface area contributed by atoms with Crippen LogP contribution in [0.3, 0.4) is 0 Å². The van der Waals surface area contributed by atoms with Crippen LogP contribution in [0.25, 0.3) is 0 Å². The maximum absolute atomic E-state index is 13.3. The van der Waals surface area contributed by atoms with Gasteiger partial charge in [0.05, 0.1) is 0 Å². The average Bonchev–Trinajstić information content (AvgIpc) is 2.04. The van der Waals surface area contributed by atoms with Crippen LogP contribution in [0, 0.1) is 5.82 Å². The van der Waals surface area contributed by atoms with Crippen LogP contribution in [0.4, 0.5) is 4.39 Å². The van der Waals surface area contributed by atoms with Crippen molar-refractivity contribution in [3.05, 3.63) is 33.5 Å². The number of rotatable bonds is 0. The molecule has 0 spiro atoms. The molecule has 0 aliphatic heterocycles. The molecule has 0 saturated carbocycles. The Kier molecular flexibility index (Phi) is 2.18. The minimum absolute atomic E-state index is 0.0425. The summed E-state index contributed by atoms with van der Waals surface area (Å²) in [4.78, 5) is 0. The van der Waals surface area contributed by atoms with Gasteiger partial charge in [-0.15, -0.1) is 0 Å². The number of hydrogen-bond donors (Lipinski definition) is 0. The highest BCUT2D eigenvalue weighted by Crippen LogP contribution is 2.27. The molecule has 1 aromatic rings. The van der Waals surface area contributed by atoms with Crippen molar-refractivity contribution in [2.45, 2.75) is 25.7 Å². The summed E-state index contributed by atoms with van der Waals surface area (Å²) in [5, 5.41) is 0. The first-order valence-corrected chi connectivity index (χ1v) is 5.03. The summed E-state index contributed by atoms with van der Waals surface area (Å²) in [6.45, 7) is 0. The predicted molar refractivity (Wildman–Crippen MR) is 50.7 cm³/mol. The van der Waals surface area contributed by atoms with Crippen molar-refractivity contribution in [3.63, 3.8) is 0 Å². The molecule has 0 nitrogen and oxygen atoms in total. The zero-order chi connectivity index (χ0) is 8.55. The molecule has 0 atom stereocenters. The molecular formula is C10H10BrF. The van der Waals surface area contributed by atoms with Gasteiger partial charge in [-0.2, -0.15) is 0 Å². The van der Waals surface area contributed by atoms with Crippen molar-refractivity contribution in [2.75, 3.05) is 0 Å². The number of aryl methyl sites for hydroxylation is 1. The van der Waals surface area contributed by atoms with Crippen LogP contribution >= 0.6 is 15.9 Å². The van der Waals surface area contributed by atoms with Crippen molar-refractivity contribution in [3.8, 4) is 0 Å². The Morgan fingerprint density at radius 1 is 1.17 bits per heavy atom. The summed E-state index contributed by atoms with van der Waals surface area (Å²) in [7, 11) is 0. The van der Waals surface area contributed by atoms with Gasteiger partial charge >= 0.3 is 0 Å². The average molecular weight is 229 g/mol. The largest absolute Gasteiger partial charge is 0.207 e. The van der Waals surface area contributed by atoms with Crippen LogP contribution in [0.15, 0.2) is 16.6 Å². The molecule has 0 saturated heterocycles. The van der Waals surface area contributed by atoms with E-state index in [2.05, 4.69) is 15.9 Å². The maximum Gasteiger partial charge on any atom is 0.127 e. The molecule has 0 aromatic heterocycles. The third-order valence-electron chi connectivity index (χ3n) is 2.38. The fourth-order valence-corrected chi connectivity index (χ4v) is 2.25. The summed E-state index contributed by atoms with van der Waals surface area (Å²) in [5.41, 5.74) is 2.12. The van der Waals surface area contributed by atoms with E-state index in [-0.39, 0.29) is 5.82 Å². The second-order valence-corrected chi connectivity index (χ2v) is 4.15. The summed E-state index contributed by atoms with van der Waals surface area (Å²) in [6, 6.07) is 3.60. The summed E-state index contributed by atoms with van der Waals surface area (Å²) in [5.74, 6) is -0.0425. The van der Waals surface area contributed by atoms with Crippen molar-refractivity contribution in [2.24, 2.45) is 0 Å². The van der Waals surface area contributed by atoms with Gasteiger partial charge in [-0.1, -0.05) is 15.9 Å². The number of fused-ring (bicyclic) bond motifs is 1. The van der Waals surface area contributed by atoms with E-state index < -0.39 is 0 Å². The molecule has 0 N–H and O–H groups in total. The molecule has 0 radical (unpaired) electrons. The van der Waals surface area contributed by atoms with E-state index in [0.29, 0.717) is 0 Å². The van der Waals surface area contributed by atoms with E-state index in [1.54, 1.807) is 6.07 Å². The molecule has 0 heterocycles. The minimum atomic E-state index is -0.0425. The molecule has 2 rings (SSSR count). The lowest BCUT2D eigenvalue weighted by molar-refractivity contribution is 0.578. The van der Waals surface area contributed by atoms with E-state index in [9.17, 15) is 4.39 Å². The highest BCUT2D eigenvalue weighted by molar-refractivity contribution is 9.10. The second-order valence-electron chi connectivity index (χ2n) is 3.23. The van der Waals surface area contributed by atoms with E-state index >= 15 is 0 Å². The van der Waals surface area contributed by atoms with E-state index in [1.165, 1.54) is 12.0 Å². The van der Waals surface area contributed by atoms with Crippen molar-refractivity contribution in [1.82, 2.24) is 0 Å². The number of halogens is 2. The predicted octanol–water partition coefficient (Wildman–Crippen LogP) is 3.47. The topological polar surface area (TPSA) is 0 Å². The van der Waals surface area contributed by atoms with Gasteiger partial charge in [-0.3, -0.25) is 0 Å². The van der Waals surface area contributed by atoms with Gasteiger partial charge in [0.2, 0.25) is 0 Å². The Balaban J connectivity index is 2.53. The molecule has 2 heteroatoms. The lowest BCUT2D eigenvalue weighted by Crippen LogP contribution is -2.04. The molecule has 0 amide bonds. The third-order valence-corrected chi connectivity index (χ3v) is 2.83. The molecule has 1 aliphatic rings. The van der Waals surface area contributed by atoms with Crippen LogP contribution < -0.4 is 0 Å². The quantitative estimate of drug-likeness (QED) is 0.639. The van der Waals surface area contributed by atoms with Crippen LogP contribution in [0.2, 0.25) is 0 Å². The Bertz CT molecular complexity index is 307. The molecule has 12 heavy (non-hydrogen) atoms. The molecule has 1 aromatic carbocycles. The van der Waals surface area contributed by atoms with Crippen LogP contribution in [0.5, 0.6) is 0 Å². The van der Waals surface area contributed by atoms with Crippen molar-refractivity contribution >= 4 is 15.9 Å². The van der Waals surface area contributed by atoms with Gasteiger partial charge < -0.3 is 0 Å². The standard InChI is InChI=1S/C10H10BrF/c11-8-5-7-3-1-2-4-9(7)10(12)6-8/h5-6H,1-4H2. The summed E-state index contributed by atoms with van der Waals surface area (Å²) >= 11 is 3.30. The second kappa shape index (κ2) is 3.17. The van der Waals surface area contributed by atoms with E-state index in [4.69, 9.17) is 0 Å². The first-order valence-electron chi connectivity index (χ1n) is 4.24. The van der Waals surface area contributed by atoms with Gasteiger partial charge in [0.25, 0.3) is 0 Å². The molecule has 1 aliphatic carbocycles.